The Morgan fingerprint density at radius 3 is 1.50 bits per heavy atom. The van der Waals surface area contributed by atoms with Crippen LogP contribution in [0.3, 0.4) is 0 Å². The summed E-state index contributed by atoms with van der Waals surface area (Å²) in [6.07, 6.45) is -0.132. The van der Waals surface area contributed by atoms with Gasteiger partial charge in [-0.3, -0.25) is 0 Å². The van der Waals surface area contributed by atoms with E-state index in [2.05, 4.69) is 119 Å². The van der Waals surface area contributed by atoms with E-state index < -0.39 is 8.07 Å². The van der Waals surface area contributed by atoms with E-state index in [9.17, 15) is 0 Å². The maximum atomic E-state index is 6.35. The molecule has 1 nitrogen and oxygen atoms in total. The second-order valence-electron chi connectivity index (χ2n) is 7.83. The minimum atomic E-state index is -1.87. The summed E-state index contributed by atoms with van der Waals surface area (Å²) in [5.41, 5.74) is 3.79. The first-order chi connectivity index (χ1) is 13.0. The van der Waals surface area contributed by atoms with Gasteiger partial charge >= 0.3 is 0 Å². The number of hydrogen-bond donors (Lipinski definition) is 0. The normalized spacial score (nSPS) is 12.7. The second-order valence-corrected chi connectivity index (χ2v) is 13.4. The minimum Gasteiger partial charge on any atom is -0.341 e. The van der Waals surface area contributed by atoms with E-state index in [1.54, 1.807) is 5.98 Å². The molecule has 0 amide bonds. The number of hydrogen-bond acceptors (Lipinski definition) is 1. The highest BCUT2D eigenvalue weighted by atomic mass is 35.5. The Hall–Kier alpha value is -1.70. The minimum absolute atomic E-state index is 0. The van der Waals surface area contributed by atoms with Crippen molar-refractivity contribution in [2.75, 3.05) is 0 Å². The molecule has 0 aliphatic rings. The van der Waals surface area contributed by atoms with Crippen LogP contribution in [0.5, 0.6) is 0 Å². The quantitative estimate of drug-likeness (QED) is 0.294. The van der Waals surface area contributed by atoms with E-state index in [1.807, 2.05) is 0 Å². The molecule has 3 aromatic rings. The Morgan fingerprint density at radius 1 is 0.750 bits per heavy atom. The van der Waals surface area contributed by atoms with Gasteiger partial charge in [0.15, 0.2) is 0 Å². The summed E-state index contributed by atoms with van der Waals surface area (Å²) in [5, 5.41) is -0.250. The zero-order valence-electron chi connectivity index (χ0n) is 16.6. The molecular formula is C24H28ClOPSi. The van der Waals surface area contributed by atoms with E-state index in [0.717, 1.165) is 0 Å². The van der Waals surface area contributed by atoms with Crippen LogP contribution in [0.4, 0.5) is 0 Å². The van der Waals surface area contributed by atoms with Crippen molar-refractivity contribution in [3.05, 3.63) is 108 Å². The third kappa shape index (κ3) is 4.16. The van der Waals surface area contributed by atoms with E-state index in [-0.39, 0.29) is 23.5 Å². The van der Waals surface area contributed by atoms with E-state index in [0.29, 0.717) is 0 Å². The topological polar surface area (TPSA) is 9.23 Å². The van der Waals surface area contributed by atoms with Crippen LogP contribution < -0.4 is 0 Å². The zero-order chi connectivity index (χ0) is 19.3. The van der Waals surface area contributed by atoms with Crippen molar-refractivity contribution in [3.63, 3.8) is 0 Å². The summed E-state index contributed by atoms with van der Waals surface area (Å²) in [5.74, 6) is 1.65. The lowest BCUT2D eigenvalue weighted by molar-refractivity contribution is 0.164. The van der Waals surface area contributed by atoms with Gasteiger partial charge in [0.1, 0.15) is 0 Å². The van der Waals surface area contributed by atoms with E-state index in [4.69, 9.17) is 4.74 Å². The molecule has 0 aliphatic heterocycles. The predicted molar refractivity (Wildman–Crippen MR) is 129 cm³/mol. The smallest absolute Gasteiger partial charge is 0.0999 e. The van der Waals surface area contributed by atoms with Crippen LogP contribution in [0.1, 0.15) is 22.8 Å². The van der Waals surface area contributed by atoms with Crippen molar-refractivity contribution in [2.45, 2.75) is 30.8 Å². The molecule has 0 heterocycles. The Balaban J connectivity index is 0.00000280. The first-order valence-corrected chi connectivity index (χ1v) is 13.4. The van der Waals surface area contributed by atoms with Crippen LogP contribution >= 0.6 is 21.3 Å². The van der Waals surface area contributed by atoms with Crippen molar-refractivity contribution >= 4 is 35.3 Å². The summed E-state index contributed by atoms with van der Waals surface area (Å²) in [4.78, 5) is 0. The SMILES string of the molecule is C[Si](C)(C)C(c1ccccc1)(c1ccccc1)C(OC=P)c1ccccc1.Cl. The van der Waals surface area contributed by atoms with Gasteiger partial charge in [0, 0.05) is 5.04 Å². The molecule has 3 aromatic carbocycles. The van der Waals surface area contributed by atoms with Crippen molar-refractivity contribution < 1.29 is 4.74 Å². The summed E-state index contributed by atoms with van der Waals surface area (Å²) in [6, 6.07) is 32.2. The summed E-state index contributed by atoms with van der Waals surface area (Å²) < 4.78 is 6.35. The molecule has 0 aromatic heterocycles. The molecule has 0 radical (unpaired) electrons. The molecule has 1 unspecified atom stereocenters. The summed E-state index contributed by atoms with van der Waals surface area (Å²) in [7, 11) is 1.61. The van der Waals surface area contributed by atoms with Gasteiger partial charge in [-0.2, -0.15) is 0 Å². The molecule has 0 spiro atoms. The Bertz CT molecular complexity index is 824. The summed E-state index contributed by atoms with van der Waals surface area (Å²) in [6.45, 7) is 7.29. The Kier molecular flexibility index (Phi) is 7.80. The van der Waals surface area contributed by atoms with Crippen molar-refractivity contribution in [1.29, 1.82) is 0 Å². The van der Waals surface area contributed by atoms with Gasteiger partial charge in [-0.15, -0.1) is 12.4 Å². The molecule has 4 heteroatoms. The second kappa shape index (κ2) is 9.67. The average molecular weight is 427 g/mol. The first-order valence-electron chi connectivity index (χ1n) is 9.32. The number of benzene rings is 3. The third-order valence-corrected chi connectivity index (χ3v) is 8.68. The van der Waals surface area contributed by atoms with Crippen LogP contribution in [0.25, 0.3) is 0 Å². The monoisotopic (exact) mass is 426 g/mol. The fraction of sp³-hybridized carbons (Fsp3) is 0.208. The fourth-order valence-corrected chi connectivity index (χ4v) is 7.48. The maximum Gasteiger partial charge on any atom is 0.0999 e. The molecule has 0 fully saturated rings. The van der Waals surface area contributed by atoms with Gasteiger partial charge in [0.05, 0.1) is 20.2 Å². The van der Waals surface area contributed by atoms with Gasteiger partial charge < -0.3 is 4.74 Å². The largest absolute Gasteiger partial charge is 0.341 e. The van der Waals surface area contributed by atoms with Crippen LogP contribution in [-0.4, -0.2) is 14.1 Å². The predicted octanol–water partition coefficient (Wildman–Crippen LogP) is 6.93. The van der Waals surface area contributed by atoms with Crippen molar-refractivity contribution in [3.8, 4) is 0 Å². The fourth-order valence-electron chi connectivity index (χ4n) is 4.26. The average Bonchev–Trinajstić information content (AvgIpc) is 2.69. The van der Waals surface area contributed by atoms with Gasteiger partial charge in [0.2, 0.25) is 0 Å². The van der Waals surface area contributed by atoms with Gasteiger partial charge in [0.25, 0.3) is 0 Å². The molecular weight excluding hydrogens is 399 g/mol. The van der Waals surface area contributed by atoms with Crippen molar-refractivity contribution in [1.82, 2.24) is 0 Å². The number of rotatable bonds is 7. The van der Waals surface area contributed by atoms with E-state index in [1.165, 1.54) is 16.7 Å². The maximum absolute atomic E-state index is 6.35. The molecule has 0 aliphatic carbocycles. The summed E-state index contributed by atoms with van der Waals surface area (Å²) >= 11 is 0. The van der Waals surface area contributed by atoms with Gasteiger partial charge in [-0.05, 0) is 16.7 Å². The highest BCUT2D eigenvalue weighted by molar-refractivity contribution is 7.17. The molecule has 0 bridgehead atoms. The van der Waals surface area contributed by atoms with Crippen LogP contribution in [0.15, 0.2) is 91.0 Å². The van der Waals surface area contributed by atoms with Crippen LogP contribution in [-0.2, 0) is 9.78 Å². The van der Waals surface area contributed by atoms with Crippen molar-refractivity contribution in [2.24, 2.45) is 0 Å². The zero-order valence-corrected chi connectivity index (χ0v) is 19.4. The standard InChI is InChI=1S/C24H27OPSi.ClH/c1-27(2,3)24(21-15-9-5-10-16-21,22-17-11-6-12-18-22)23(25-19-26)20-13-7-4-8-14-20;/h4-19,23,26H,1-3H3;1H. The molecule has 1 atom stereocenters. The molecule has 146 valence electrons. The Morgan fingerprint density at radius 2 is 1.14 bits per heavy atom. The lowest BCUT2D eigenvalue weighted by Gasteiger charge is -2.49. The lowest BCUT2D eigenvalue weighted by Crippen LogP contribution is -2.55. The highest BCUT2D eigenvalue weighted by Crippen LogP contribution is 2.51. The number of ether oxygens (including phenoxy) is 1. The van der Waals surface area contributed by atoms with Gasteiger partial charge in [-0.1, -0.05) is 119 Å². The molecule has 3 rings (SSSR count). The van der Waals surface area contributed by atoms with Crippen LogP contribution in [0.2, 0.25) is 19.6 Å². The number of halogens is 1. The van der Waals surface area contributed by atoms with Crippen LogP contribution in [0, 0.1) is 0 Å². The molecule has 0 saturated heterocycles. The Labute approximate surface area is 178 Å². The third-order valence-electron chi connectivity index (χ3n) is 5.34. The first kappa shape index (κ1) is 22.6. The van der Waals surface area contributed by atoms with Gasteiger partial charge in [-0.25, -0.2) is 0 Å². The molecule has 28 heavy (non-hydrogen) atoms. The highest BCUT2D eigenvalue weighted by Gasteiger charge is 2.52. The molecule has 0 N–H and O–H groups in total. The lowest BCUT2D eigenvalue weighted by atomic mass is 9.82. The van der Waals surface area contributed by atoms with E-state index >= 15 is 0 Å². The molecule has 0 saturated carbocycles.